The summed E-state index contributed by atoms with van der Waals surface area (Å²) >= 11 is 0. The van der Waals surface area contributed by atoms with Gasteiger partial charge in [0.25, 0.3) is 0 Å². The molecule has 28 heavy (non-hydrogen) atoms. The van der Waals surface area contributed by atoms with Crippen LogP contribution in [0, 0.1) is 5.82 Å². The Labute approximate surface area is 163 Å². The first-order valence-corrected chi connectivity index (χ1v) is 9.21. The molecule has 0 saturated carbocycles. The van der Waals surface area contributed by atoms with Crippen molar-refractivity contribution in [3.63, 3.8) is 0 Å². The molecule has 3 rings (SSSR count). The van der Waals surface area contributed by atoms with Gasteiger partial charge in [-0.1, -0.05) is 12.1 Å². The van der Waals surface area contributed by atoms with Crippen LogP contribution in [0.5, 0.6) is 0 Å². The first-order valence-electron chi connectivity index (χ1n) is 9.21. The first kappa shape index (κ1) is 19.8. The zero-order valence-corrected chi connectivity index (χ0v) is 15.9. The lowest BCUT2D eigenvalue weighted by Crippen LogP contribution is -2.49. The van der Waals surface area contributed by atoms with Crippen LogP contribution < -0.4 is 10.2 Å². The minimum Gasteiger partial charge on any atom is -0.375 e. The molecule has 0 unspecified atom stereocenters. The van der Waals surface area contributed by atoms with Crippen LogP contribution >= 0.6 is 0 Å². The Bertz CT molecular complexity index is 801. The Balaban J connectivity index is 1.50. The number of carbonyl (C=O) groups is 2. The molecule has 0 aliphatic carbocycles. The third kappa shape index (κ3) is 5.29. The fourth-order valence-electron chi connectivity index (χ4n) is 3.19. The Morgan fingerprint density at radius 3 is 2.25 bits per heavy atom. The maximum atomic E-state index is 13.0. The minimum atomic E-state index is -0.297. The van der Waals surface area contributed by atoms with E-state index in [4.69, 9.17) is 4.74 Å². The number of hydrogen-bond donors (Lipinski definition) is 1. The summed E-state index contributed by atoms with van der Waals surface area (Å²) < 4.78 is 17.8. The number of anilines is 2. The Morgan fingerprint density at radius 2 is 1.64 bits per heavy atom. The van der Waals surface area contributed by atoms with Crippen molar-refractivity contribution in [1.82, 2.24) is 4.90 Å². The van der Waals surface area contributed by atoms with Crippen LogP contribution in [-0.4, -0.2) is 56.6 Å². The summed E-state index contributed by atoms with van der Waals surface area (Å²) in [6, 6.07) is 13.7. The van der Waals surface area contributed by atoms with Crippen LogP contribution in [0.25, 0.3) is 0 Å². The number of methoxy groups -OCH3 is 1. The fraction of sp³-hybridized carbons (Fsp3) is 0.333. The van der Waals surface area contributed by atoms with Crippen LogP contribution in [0.2, 0.25) is 0 Å². The molecule has 1 heterocycles. The van der Waals surface area contributed by atoms with Crippen LogP contribution in [0.15, 0.2) is 48.5 Å². The lowest BCUT2D eigenvalue weighted by atomic mass is 10.1. The lowest BCUT2D eigenvalue weighted by Gasteiger charge is -2.36. The van der Waals surface area contributed by atoms with Gasteiger partial charge in [0.05, 0.1) is 6.42 Å². The molecule has 0 spiro atoms. The molecule has 1 aliphatic heterocycles. The second kappa shape index (κ2) is 9.32. The molecule has 2 aromatic rings. The third-order valence-corrected chi connectivity index (χ3v) is 4.69. The molecule has 1 fully saturated rings. The average Bonchev–Trinajstić information content (AvgIpc) is 2.70. The Hall–Kier alpha value is -2.93. The summed E-state index contributed by atoms with van der Waals surface area (Å²) in [6.07, 6.45) is 0.288. The van der Waals surface area contributed by atoms with E-state index in [-0.39, 0.29) is 30.7 Å². The van der Waals surface area contributed by atoms with Gasteiger partial charge in [-0.05, 0) is 42.0 Å². The molecule has 0 radical (unpaired) electrons. The van der Waals surface area contributed by atoms with Gasteiger partial charge >= 0.3 is 0 Å². The Morgan fingerprint density at radius 1 is 1.00 bits per heavy atom. The number of amides is 2. The van der Waals surface area contributed by atoms with E-state index in [2.05, 4.69) is 10.2 Å². The van der Waals surface area contributed by atoms with Gasteiger partial charge in [0.1, 0.15) is 12.4 Å². The number of nitrogens with one attached hydrogen (secondary N) is 1. The summed E-state index contributed by atoms with van der Waals surface area (Å²) in [5.41, 5.74) is 2.59. The molecule has 148 valence electrons. The van der Waals surface area contributed by atoms with Crippen molar-refractivity contribution in [3.05, 3.63) is 59.9 Å². The Kier molecular flexibility index (Phi) is 6.60. The van der Waals surface area contributed by atoms with Crippen LogP contribution in [0.1, 0.15) is 5.56 Å². The van der Waals surface area contributed by atoms with Crippen molar-refractivity contribution >= 4 is 23.2 Å². The number of ether oxygens (including phenoxy) is 1. The van der Waals surface area contributed by atoms with E-state index < -0.39 is 0 Å². The summed E-state index contributed by atoms with van der Waals surface area (Å²) in [5.74, 6) is -0.430. The molecule has 7 heteroatoms. The van der Waals surface area contributed by atoms with E-state index >= 15 is 0 Å². The average molecular weight is 385 g/mol. The summed E-state index contributed by atoms with van der Waals surface area (Å²) in [5, 5.41) is 2.76. The molecule has 0 atom stereocenters. The number of carbonyl (C=O) groups excluding carboxylic acids is 2. The highest BCUT2D eigenvalue weighted by Gasteiger charge is 2.21. The van der Waals surface area contributed by atoms with E-state index in [1.54, 1.807) is 12.1 Å². The SMILES string of the molecule is COCC(=O)Nc1ccc(N2CCN(C(=O)Cc3ccc(F)cc3)CC2)cc1. The zero-order valence-electron chi connectivity index (χ0n) is 15.9. The molecule has 0 bridgehead atoms. The van der Waals surface area contributed by atoms with Gasteiger partial charge in [-0.25, -0.2) is 4.39 Å². The molecule has 1 aliphatic rings. The number of nitrogens with zero attached hydrogens (tertiary/aromatic N) is 2. The first-order chi connectivity index (χ1) is 13.5. The van der Waals surface area contributed by atoms with Gasteiger partial charge in [0.2, 0.25) is 11.8 Å². The van der Waals surface area contributed by atoms with E-state index in [1.165, 1.54) is 19.2 Å². The summed E-state index contributed by atoms with van der Waals surface area (Å²) in [4.78, 5) is 28.1. The number of piperazine rings is 1. The predicted octanol–water partition coefficient (Wildman–Crippen LogP) is 2.30. The quantitative estimate of drug-likeness (QED) is 0.829. The van der Waals surface area contributed by atoms with E-state index in [0.717, 1.165) is 30.0 Å². The standard InChI is InChI=1S/C21H24FN3O3/c1-28-15-20(26)23-18-6-8-19(9-7-18)24-10-12-25(13-11-24)21(27)14-16-2-4-17(22)5-3-16/h2-9H,10-15H2,1H3,(H,23,26). The van der Waals surface area contributed by atoms with E-state index in [1.807, 2.05) is 29.2 Å². The molecule has 2 aromatic carbocycles. The lowest BCUT2D eigenvalue weighted by molar-refractivity contribution is -0.130. The third-order valence-electron chi connectivity index (χ3n) is 4.69. The number of benzene rings is 2. The van der Waals surface area contributed by atoms with Crippen molar-refractivity contribution in [3.8, 4) is 0 Å². The van der Waals surface area contributed by atoms with E-state index in [9.17, 15) is 14.0 Å². The normalized spacial score (nSPS) is 14.1. The monoisotopic (exact) mass is 385 g/mol. The van der Waals surface area contributed by atoms with Gasteiger partial charge in [-0.15, -0.1) is 0 Å². The van der Waals surface area contributed by atoms with Gasteiger partial charge < -0.3 is 19.9 Å². The second-order valence-corrected chi connectivity index (χ2v) is 6.70. The van der Waals surface area contributed by atoms with Gasteiger partial charge in [-0.2, -0.15) is 0 Å². The molecule has 6 nitrogen and oxygen atoms in total. The largest absolute Gasteiger partial charge is 0.375 e. The smallest absolute Gasteiger partial charge is 0.250 e. The van der Waals surface area contributed by atoms with Crippen molar-refractivity contribution < 1.29 is 18.7 Å². The highest BCUT2D eigenvalue weighted by molar-refractivity contribution is 5.91. The molecule has 1 saturated heterocycles. The molecule has 1 N–H and O–H groups in total. The maximum absolute atomic E-state index is 13.0. The van der Waals surface area contributed by atoms with Gasteiger partial charge in [-0.3, -0.25) is 9.59 Å². The van der Waals surface area contributed by atoms with Crippen LogP contribution in [0.4, 0.5) is 15.8 Å². The topological polar surface area (TPSA) is 61.9 Å². The van der Waals surface area contributed by atoms with Crippen LogP contribution in [0.3, 0.4) is 0 Å². The molecule has 2 amide bonds. The highest BCUT2D eigenvalue weighted by Crippen LogP contribution is 2.20. The highest BCUT2D eigenvalue weighted by atomic mass is 19.1. The maximum Gasteiger partial charge on any atom is 0.250 e. The minimum absolute atomic E-state index is 0.0235. The number of rotatable bonds is 6. The summed E-state index contributed by atoms with van der Waals surface area (Å²) in [7, 11) is 1.48. The number of halogens is 1. The fourth-order valence-corrected chi connectivity index (χ4v) is 3.19. The molecular formula is C21H24FN3O3. The van der Waals surface area contributed by atoms with Crippen LogP contribution in [-0.2, 0) is 20.7 Å². The molecular weight excluding hydrogens is 361 g/mol. The van der Waals surface area contributed by atoms with Crippen molar-refractivity contribution in [1.29, 1.82) is 0 Å². The van der Waals surface area contributed by atoms with Crippen molar-refractivity contribution in [2.75, 3.05) is 50.1 Å². The van der Waals surface area contributed by atoms with Crippen molar-refractivity contribution in [2.24, 2.45) is 0 Å². The van der Waals surface area contributed by atoms with Gasteiger partial charge in [0.15, 0.2) is 0 Å². The van der Waals surface area contributed by atoms with Crippen molar-refractivity contribution in [2.45, 2.75) is 6.42 Å². The molecule has 0 aromatic heterocycles. The second-order valence-electron chi connectivity index (χ2n) is 6.70. The number of hydrogen-bond acceptors (Lipinski definition) is 4. The summed E-state index contributed by atoms with van der Waals surface area (Å²) in [6.45, 7) is 2.80. The predicted molar refractivity (Wildman–Crippen MR) is 106 cm³/mol. The van der Waals surface area contributed by atoms with E-state index in [0.29, 0.717) is 13.1 Å². The van der Waals surface area contributed by atoms with Gasteiger partial charge in [0, 0.05) is 44.7 Å². The zero-order chi connectivity index (χ0) is 19.9.